The fourth-order valence-electron chi connectivity index (χ4n) is 4.15. The molecule has 176 valence electrons. The van der Waals surface area contributed by atoms with Crippen LogP contribution in [-0.2, 0) is 15.2 Å². The molecule has 0 spiro atoms. The summed E-state index contributed by atoms with van der Waals surface area (Å²) in [6.45, 7) is 0.594. The van der Waals surface area contributed by atoms with Crippen molar-refractivity contribution in [3.8, 4) is 11.3 Å². The van der Waals surface area contributed by atoms with Gasteiger partial charge in [0.2, 0.25) is 5.91 Å². The van der Waals surface area contributed by atoms with Gasteiger partial charge in [-0.2, -0.15) is 0 Å². The van der Waals surface area contributed by atoms with Gasteiger partial charge in [-0.1, -0.05) is 41.9 Å². The van der Waals surface area contributed by atoms with E-state index in [9.17, 15) is 28.6 Å². The Hall–Kier alpha value is -3.20. The molecule has 1 fully saturated rings. The van der Waals surface area contributed by atoms with Gasteiger partial charge in [0.05, 0.1) is 29.1 Å². The summed E-state index contributed by atoms with van der Waals surface area (Å²) in [6, 6.07) is 11.9. The summed E-state index contributed by atoms with van der Waals surface area (Å²) in [5.41, 5.74) is -1.84. The van der Waals surface area contributed by atoms with Gasteiger partial charge in [-0.3, -0.25) is 9.59 Å². The van der Waals surface area contributed by atoms with Crippen LogP contribution in [0.4, 0.5) is 14.5 Å². The first-order valence-corrected chi connectivity index (χ1v) is 10.9. The third kappa shape index (κ3) is 4.20. The van der Waals surface area contributed by atoms with E-state index in [1.807, 2.05) is 0 Å². The second-order valence-corrected chi connectivity index (χ2v) is 8.56. The predicted octanol–water partition coefficient (Wildman–Crippen LogP) is 3.99. The van der Waals surface area contributed by atoms with E-state index in [0.29, 0.717) is 18.1 Å². The Morgan fingerprint density at radius 3 is 2.53 bits per heavy atom. The number of amides is 1. The van der Waals surface area contributed by atoms with E-state index in [1.165, 1.54) is 24.0 Å². The van der Waals surface area contributed by atoms with Crippen LogP contribution in [-0.4, -0.2) is 39.5 Å². The number of benzene rings is 2. The molecule has 1 saturated heterocycles. The van der Waals surface area contributed by atoms with Crippen LogP contribution in [0.5, 0.6) is 0 Å². The van der Waals surface area contributed by atoms with Crippen molar-refractivity contribution in [2.75, 3.05) is 11.5 Å². The van der Waals surface area contributed by atoms with E-state index in [1.54, 1.807) is 30.3 Å². The van der Waals surface area contributed by atoms with Gasteiger partial charge in [0.25, 0.3) is 0 Å². The minimum atomic E-state index is -2.01. The van der Waals surface area contributed by atoms with E-state index in [0.717, 1.165) is 6.07 Å². The minimum absolute atomic E-state index is 0.0586. The maximum atomic E-state index is 14.8. The van der Waals surface area contributed by atoms with Gasteiger partial charge in [0.1, 0.15) is 11.6 Å². The topological polar surface area (TPSA) is 90.7 Å². The van der Waals surface area contributed by atoms with Crippen LogP contribution in [0.15, 0.2) is 54.6 Å². The lowest BCUT2D eigenvalue weighted by Gasteiger charge is -2.29. The van der Waals surface area contributed by atoms with Gasteiger partial charge in [0.15, 0.2) is 11.4 Å². The average molecular weight is 487 g/mol. The molecule has 0 aliphatic carbocycles. The highest BCUT2D eigenvalue weighted by Crippen LogP contribution is 2.37. The third-order valence-electron chi connectivity index (χ3n) is 5.96. The standard InChI is InChI=1S/C25H21ClF2N2O4/c1-14(32)22-7-8-24(33)30(22)16-9-21(17-11-18(26)20(28)12-19(17)27)29-23(10-16)25(34,13-31)15-5-3-2-4-6-15/h2-6,9-12,22,31,34H,7-8,13H2,1H3/t22-,25+/m0/s1. The lowest BCUT2D eigenvalue weighted by Crippen LogP contribution is -2.38. The SMILES string of the molecule is CC(=O)[C@@H]1CCC(=O)N1c1cc(-c2cc(Cl)c(F)cc2F)nc([C@@](O)(CO)c2ccccc2)c1. The number of halogens is 3. The molecule has 4 rings (SSSR count). The van der Waals surface area contributed by atoms with Crippen LogP contribution < -0.4 is 4.90 Å². The molecule has 0 bridgehead atoms. The van der Waals surface area contributed by atoms with Crippen LogP contribution in [0.3, 0.4) is 0 Å². The fourth-order valence-corrected chi connectivity index (χ4v) is 4.31. The van der Waals surface area contributed by atoms with Gasteiger partial charge >= 0.3 is 0 Å². The highest BCUT2D eigenvalue weighted by atomic mass is 35.5. The van der Waals surface area contributed by atoms with E-state index in [4.69, 9.17) is 11.6 Å². The van der Waals surface area contributed by atoms with Crippen molar-refractivity contribution < 1.29 is 28.6 Å². The molecule has 6 nitrogen and oxygen atoms in total. The highest BCUT2D eigenvalue weighted by molar-refractivity contribution is 6.31. The molecule has 9 heteroatoms. The molecule has 0 saturated carbocycles. The molecule has 2 heterocycles. The summed E-state index contributed by atoms with van der Waals surface area (Å²) >= 11 is 5.88. The number of Topliss-reactive ketones (excluding diaryl/α,β-unsaturated/α-hetero) is 1. The number of carbonyl (C=O) groups is 2. The number of aliphatic hydroxyl groups is 2. The number of aliphatic hydroxyl groups excluding tert-OH is 1. The summed E-state index contributed by atoms with van der Waals surface area (Å²) in [5.74, 6) is -2.47. The molecular formula is C25H21ClF2N2O4. The zero-order chi connectivity index (χ0) is 24.6. The van der Waals surface area contributed by atoms with Crippen LogP contribution in [0, 0.1) is 11.6 Å². The Labute approximate surface area is 199 Å². The van der Waals surface area contributed by atoms with Crippen LogP contribution in [0.1, 0.15) is 31.0 Å². The Morgan fingerprint density at radius 1 is 1.18 bits per heavy atom. The smallest absolute Gasteiger partial charge is 0.227 e. The molecule has 34 heavy (non-hydrogen) atoms. The number of carbonyl (C=O) groups excluding carboxylic acids is 2. The molecule has 2 atom stereocenters. The second-order valence-electron chi connectivity index (χ2n) is 8.16. The van der Waals surface area contributed by atoms with Crippen molar-refractivity contribution in [1.29, 1.82) is 0 Å². The van der Waals surface area contributed by atoms with Crippen molar-refractivity contribution in [1.82, 2.24) is 4.98 Å². The van der Waals surface area contributed by atoms with E-state index < -0.39 is 29.9 Å². The molecule has 1 aromatic heterocycles. The summed E-state index contributed by atoms with van der Waals surface area (Å²) in [6.07, 6.45) is 0.442. The average Bonchev–Trinajstić information content (AvgIpc) is 3.23. The lowest BCUT2D eigenvalue weighted by molar-refractivity contribution is -0.121. The third-order valence-corrected chi connectivity index (χ3v) is 6.25. The maximum absolute atomic E-state index is 14.8. The maximum Gasteiger partial charge on any atom is 0.227 e. The van der Waals surface area contributed by atoms with Crippen LogP contribution in [0.2, 0.25) is 5.02 Å². The summed E-state index contributed by atoms with van der Waals surface area (Å²) in [5, 5.41) is 21.3. The lowest BCUT2D eigenvalue weighted by atomic mass is 9.90. The van der Waals surface area contributed by atoms with Crippen LogP contribution >= 0.6 is 11.6 Å². The monoisotopic (exact) mass is 486 g/mol. The van der Waals surface area contributed by atoms with Crippen molar-refractivity contribution in [3.05, 3.63) is 82.5 Å². The van der Waals surface area contributed by atoms with Crippen molar-refractivity contribution >= 4 is 29.0 Å². The number of nitrogens with zero attached hydrogens (tertiary/aromatic N) is 2. The first kappa shape index (κ1) is 23.9. The number of aromatic nitrogens is 1. The van der Waals surface area contributed by atoms with Gasteiger partial charge in [-0.15, -0.1) is 0 Å². The molecule has 2 aromatic carbocycles. The molecule has 1 amide bonds. The number of anilines is 1. The molecule has 0 unspecified atom stereocenters. The van der Waals surface area contributed by atoms with Crippen LogP contribution in [0.25, 0.3) is 11.3 Å². The summed E-state index contributed by atoms with van der Waals surface area (Å²) < 4.78 is 28.5. The van der Waals surface area contributed by atoms with E-state index >= 15 is 0 Å². The van der Waals surface area contributed by atoms with Crippen molar-refractivity contribution in [2.24, 2.45) is 0 Å². The summed E-state index contributed by atoms with van der Waals surface area (Å²) in [7, 11) is 0. The zero-order valence-electron chi connectivity index (χ0n) is 18.1. The fraction of sp³-hybridized carbons (Fsp3) is 0.240. The van der Waals surface area contributed by atoms with E-state index in [-0.39, 0.29) is 45.8 Å². The Morgan fingerprint density at radius 2 is 1.88 bits per heavy atom. The predicted molar refractivity (Wildman–Crippen MR) is 122 cm³/mol. The Balaban J connectivity index is 1.98. The quantitative estimate of drug-likeness (QED) is 0.514. The van der Waals surface area contributed by atoms with Gasteiger partial charge in [-0.25, -0.2) is 13.8 Å². The second kappa shape index (κ2) is 9.21. The number of hydrogen-bond donors (Lipinski definition) is 2. The number of ketones is 1. The Kier molecular flexibility index (Phi) is 6.49. The highest BCUT2D eigenvalue weighted by Gasteiger charge is 2.38. The van der Waals surface area contributed by atoms with Crippen molar-refractivity contribution in [3.63, 3.8) is 0 Å². The minimum Gasteiger partial charge on any atom is -0.393 e. The summed E-state index contributed by atoms with van der Waals surface area (Å²) in [4.78, 5) is 30.6. The van der Waals surface area contributed by atoms with Gasteiger partial charge in [-0.05, 0) is 37.1 Å². The first-order chi connectivity index (χ1) is 16.2. The van der Waals surface area contributed by atoms with Gasteiger partial charge in [0, 0.05) is 23.7 Å². The van der Waals surface area contributed by atoms with Crippen molar-refractivity contribution in [2.45, 2.75) is 31.4 Å². The molecule has 1 aliphatic heterocycles. The molecule has 2 N–H and O–H groups in total. The molecule has 1 aliphatic rings. The zero-order valence-corrected chi connectivity index (χ0v) is 18.9. The Bertz CT molecular complexity index is 1270. The van der Waals surface area contributed by atoms with E-state index in [2.05, 4.69) is 4.98 Å². The molecular weight excluding hydrogens is 466 g/mol. The number of pyridine rings is 1. The molecule has 0 radical (unpaired) electrons. The largest absolute Gasteiger partial charge is 0.393 e. The first-order valence-electron chi connectivity index (χ1n) is 10.5. The number of hydrogen-bond acceptors (Lipinski definition) is 5. The normalized spacial score (nSPS) is 17.6. The molecule has 3 aromatic rings. The van der Waals surface area contributed by atoms with Gasteiger partial charge < -0.3 is 15.1 Å². The number of rotatable bonds is 6.